The van der Waals surface area contributed by atoms with Crippen LogP contribution in [0.4, 0.5) is 10.1 Å². The number of hydrogen-bond donors (Lipinski definition) is 2. The van der Waals surface area contributed by atoms with Crippen LogP contribution >= 0.6 is 24.8 Å². The third kappa shape index (κ3) is 4.01. The van der Waals surface area contributed by atoms with Gasteiger partial charge in [0, 0.05) is 60.8 Å². The van der Waals surface area contributed by atoms with E-state index in [9.17, 15) is 9.18 Å². The number of carboxylic acids is 1. The van der Waals surface area contributed by atoms with Crippen molar-refractivity contribution in [1.29, 1.82) is 0 Å². The zero-order chi connectivity index (χ0) is 20.1. The van der Waals surface area contributed by atoms with Crippen molar-refractivity contribution in [2.75, 3.05) is 31.6 Å². The molecule has 0 fully saturated rings. The van der Waals surface area contributed by atoms with Gasteiger partial charge in [-0.25, -0.2) is 9.37 Å². The number of rotatable bonds is 3. The van der Waals surface area contributed by atoms with Crippen molar-refractivity contribution >= 4 is 53.1 Å². The number of carboxylic acid groups (broad SMARTS) is 1. The molecule has 0 aliphatic carbocycles. The maximum absolute atomic E-state index is 14.0. The Bertz CT molecular complexity index is 1180. The molecule has 3 aromatic rings. The number of benzene rings is 1. The number of carbonyl (C=O) groups is 1. The molecule has 0 bridgehead atoms. The molecule has 0 saturated carbocycles. The van der Waals surface area contributed by atoms with Crippen molar-refractivity contribution in [1.82, 2.24) is 14.9 Å². The number of pyridine rings is 1. The van der Waals surface area contributed by atoms with Crippen LogP contribution in [-0.2, 0) is 11.3 Å². The maximum atomic E-state index is 14.0. The first-order valence-electron chi connectivity index (χ1n) is 9.65. The van der Waals surface area contributed by atoms with Crippen LogP contribution in [-0.4, -0.2) is 52.6 Å². The lowest BCUT2D eigenvalue weighted by molar-refractivity contribution is -0.138. The number of H-pyrrole nitrogens is 1. The minimum Gasteiger partial charge on any atom is -0.480 e. The molecule has 0 unspecified atom stereocenters. The Morgan fingerprint density at radius 1 is 1.26 bits per heavy atom. The molecular formula is C22H23Cl2FN4O2. The number of nitrogens with one attached hydrogen (secondary N) is 1. The second kappa shape index (κ2) is 8.86. The predicted molar refractivity (Wildman–Crippen MR) is 125 cm³/mol. The molecule has 6 nitrogen and oxygen atoms in total. The highest BCUT2D eigenvalue weighted by atomic mass is 35.5. The molecule has 0 saturated heterocycles. The summed E-state index contributed by atoms with van der Waals surface area (Å²) in [5.74, 6) is -1.06. The van der Waals surface area contributed by atoms with E-state index in [4.69, 9.17) is 5.11 Å². The van der Waals surface area contributed by atoms with E-state index in [0.29, 0.717) is 19.6 Å². The molecular weight excluding hydrogens is 442 g/mol. The standard InChI is InChI=1S/C22H21FN4O2.2ClH/c1-26-11-17-20-15(16-10-14(23)2-3-18(16)26)4-7-24-22(20)25-21(17)13-5-8-27(9-6-13)12-19(28)29;;/h2-5,7,10H,6,8-9,11-12H2,1H3,(H,24,25)(H,28,29);2*1H. The zero-order valence-corrected chi connectivity index (χ0v) is 18.5. The fourth-order valence-corrected chi connectivity index (χ4v) is 4.49. The van der Waals surface area contributed by atoms with E-state index in [0.717, 1.165) is 45.5 Å². The third-order valence-electron chi connectivity index (χ3n) is 5.83. The van der Waals surface area contributed by atoms with Gasteiger partial charge < -0.3 is 15.0 Å². The van der Waals surface area contributed by atoms with E-state index < -0.39 is 5.97 Å². The Labute approximate surface area is 191 Å². The van der Waals surface area contributed by atoms with Crippen LogP contribution in [0.5, 0.6) is 0 Å². The van der Waals surface area contributed by atoms with Gasteiger partial charge in [-0.3, -0.25) is 9.69 Å². The predicted octanol–water partition coefficient (Wildman–Crippen LogP) is 4.34. The number of halogens is 3. The van der Waals surface area contributed by atoms with Gasteiger partial charge in [-0.1, -0.05) is 6.08 Å². The van der Waals surface area contributed by atoms with Gasteiger partial charge in [0.2, 0.25) is 0 Å². The number of aliphatic carboxylic acids is 1. The lowest BCUT2D eigenvalue weighted by Gasteiger charge is -2.25. The summed E-state index contributed by atoms with van der Waals surface area (Å²) in [7, 11) is 2.02. The van der Waals surface area contributed by atoms with Crippen LogP contribution in [0.2, 0.25) is 0 Å². The quantitative estimate of drug-likeness (QED) is 0.603. The summed E-state index contributed by atoms with van der Waals surface area (Å²) in [6, 6.07) is 6.87. The van der Waals surface area contributed by atoms with E-state index in [2.05, 4.69) is 20.9 Å². The molecule has 2 N–H and O–H groups in total. The summed E-state index contributed by atoms with van der Waals surface area (Å²) in [5, 5.41) is 10.1. The van der Waals surface area contributed by atoms with Gasteiger partial charge in [0.05, 0.1) is 6.54 Å². The summed E-state index contributed by atoms with van der Waals surface area (Å²) in [6.45, 7) is 2.05. The van der Waals surface area contributed by atoms with Crippen molar-refractivity contribution in [3.8, 4) is 11.1 Å². The zero-order valence-electron chi connectivity index (χ0n) is 16.9. The summed E-state index contributed by atoms with van der Waals surface area (Å²) in [5.41, 5.74) is 7.02. The first-order chi connectivity index (χ1) is 14.0. The fraction of sp³-hybridized carbons (Fsp3) is 0.273. The lowest BCUT2D eigenvalue weighted by atomic mass is 9.97. The number of nitrogens with zero attached hydrogens (tertiary/aromatic N) is 3. The minimum absolute atomic E-state index is 0. The van der Waals surface area contributed by atoms with Crippen molar-refractivity contribution in [2.45, 2.75) is 13.0 Å². The summed E-state index contributed by atoms with van der Waals surface area (Å²) in [6.07, 6.45) is 4.63. The highest BCUT2D eigenvalue weighted by Crippen LogP contribution is 2.43. The molecule has 1 aromatic carbocycles. The number of hydrogen-bond acceptors (Lipinski definition) is 4. The first-order valence-corrected chi connectivity index (χ1v) is 9.65. The lowest BCUT2D eigenvalue weighted by Crippen LogP contribution is -2.33. The van der Waals surface area contributed by atoms with E-state index in [1.54, 1.807) is 12.3 Å². The Morgan fingerprint density at radius 3 is 2.77 bits per heavy atom. The van der Waals surface area contributed by atoms with Gasteiger partial charge in [-0.2, -0.15) is 0 Å². The van der Waals surface area contributed by atoms with Gasteiger partial charge in [-0.05, 0) is 41.8 Å². The van der Waals surface area contributed by atoms with Crippen molar-refractivity contribution < 1.29 is 14.3 Å². The van der Waals surface area contributed by atoms with Gasteiger partial charge >= 0.3 is 5.97 Å². The molecule has 2 aliphatic rings. The topological polar surface area (TPSA) is 72.5 Å². The number of aromatic nitrogens is 2. The molecule has 164 valence electrons. The Kier molecular flexibility index (Phi) is 6.59. The SMILES string of the molecule is CN1Cc2c(C3=CCN(CC(=O)O)CC3)[nH]c3nccc(c23)-c2cc(F)ccc21.Cl.Cl. The molecule has 5 rings (SSSR count). The fourth-order valence-electron chi connectivity index (χ4n) is 4.49. The van der Waals surface area contributed by atoms with Crippen molar-refractivity contribution in [3.05, 3.63) is 53.6 Å². The van der Waals surface area contributed by atoms with Crippen LogP contribution in [0.3, 0.4) is 0 Å². The molecule has 2 aromatic heterocycles. The summed E-state index contributed by atoms with van der Waals surface area (Å²) < 4.78 is 14.0. The average molecular weight is 465 g/mol. The van der Waals surface area contributed by atoms with Crippen LogP contribution in [0.1, 0.15) is 17.7 Å². The smallest absolute Gasteiger partial charge is 0.317 e. The number of anilines is 1. The monoisotopic (exact) mass is 464 g/mol. The summed E-state index contributed by atoms with van der Waals surface area (Å²) >= 11 is 0. The first kappa shape index (κ1) is 23.1. The largest absolute Gasteiger partial charge is 0.480 e. The second-order valence-corrected chi connectivity index (χ2v) is 7.69. The molecule has 0 spiro atoms. The number of aromatic amines is 1. The molecule has 31 heavy (non-hydrogen) atoms. The molecule has 0 amide bonds. The second-order valence-electron chi connectivity index (χ2n) is 7.69. The van der Waals surface area contributed by atoms with Crippen LogP contribution in [0.15, 0.2) is 36.5 Å². The van der Waals surface area contributed by atoms with E-state index in [1.807, 2.05) is 24.1 Å². The Hall–Kier alpha value is -2.61. The average Bonchev–Trinajstić information content (AvgIpc) is 3.00. The highest BCUT2D eigenvalue weighted by molar-refractivity contribution is 6.02. The molecule has 2 aliphatic heterocycles. The van der Waals surface area contributed by atoms with Crippen LogP contribution in [0.25, 0.3) is 27.7 Å². The van der Waals surface area contributed by atoms with Crippen LogP contribution < -0.4 is 4.90 Å². The molecule has 0 radical (unpaired) electrons. The Balaban J connectivity index is 0.00000136. The van der Waals surface area contributed by atoms with Crippen LogP contribution in [0, 0.1) is 5.82 Å². The highest BCUT2D eigenvalue weighted by Gasteiger charge is 2.26. The van der Waals surface area contributed by atoms with Gasteiger partial charge in [-0.15, -0.1) is 24.8 Å². The van der Waals surface area contributed by atoms with E-state index in [-0.39, 0.29) is 37.2 Å². The molecule has 4 heterocycles. The Morgan fingerprint density at radius 2 is 2.06 bits per heavy atom. The van der Waals surface area contributed by atoms with Crippen molar-refractivity contribution in [3.63, 3.8) is 0 Å². The summed E-state index contributed by atoms with van der Waals surface area (Å²) in [4.78, 5) is 23.0. The van der Waals surface area contributed by atoms with Gasteiger partial charge in [0.25, 0.3) is 0 Å². The van der Waals surface area contributed by atoms with Gasteiger partial charge in [0.1, 0.15) is 11.5 Å². The number of fused-ring (bicyclic) bond motifs is 2. The molecule has 9 heteroatoms. The maximum Gasteiger partial charge on any atom is 0.317 e. The van der Waals surface area contributed by atoms with E-state index in [1.165, 1.54) is 11.6 Å². The molecule has 0 atom stereocenters. The van der Waals surface area contributed by atoms with Gasteiger partial charge in [0.15, 0.2) is 0 Å². The minimum atomic E-state index is -0.806. The van der Waals surface area contributed by atoms with E-state index >= 15 is 0 Å². The van der Waals surface area contributed by atoms with Crippen molar-refractivity contribution in [2.24, 2.45) is 0 Å². The third-order valence-corrected chi connectivity index (χ3v) is 5.83. The normalized spacial score (nSPS) is 15.4.